The van der Waals surface area contributed by atoms with Gasteiger partial charge in [0, 0.05) is 30.5 Å². The number of fused-ring (bicyclic) bond motifs is 3. The van der Waals surface area contributed by atoms with Crippen molar-refractivity contribution in [3.05, 3.63) is 29.1 Å². The lowest BCUT2D eigenvalue weighted by atomic mass is 10.1. The first-order valence-electron chi connectivity index (χ1n) is 8.10. The van der Waals surface area contributed by atoms with Crippen LogP contribution in [0.1, 0.15) is 29.8 Å². The van der Waals surface area contributed by atoms with Gasteiger partial charge in [0.25, 0.3) is 0 Å². The van der Waals surface area contributed by atoms with Gasteiger partial charge in [-0.05, 0) is 45.2 Å². The van der Waals surface area contributed by atoms with Gasteiger partial charge in [0.1, 0.15) is 5.82 Å². The highest BCUT2D eigenvalue weighted by atomic mass is 16.3. The molecule has 23 heavy (non-hydrogen) atoms. The lowest BCUT2D eigenvalue weighted by Crippen LogP contribution is -2.39. The highest BCUT2D eigenvalue weighted by Crippen LogP contribution is 2.27. The fraction of sp³-hybridized carbons (Fsp3) is 0.471. The van der Waals surface area contributed by atoms with Crippen LogP contribution in [0, 0.1) is 20.8 Å². The molecular formula is C17H21N5O. The van der Waals surface area contributed by atoms with Crippen LogP contribution in [0.5, 0.6) is 0 Å². The van der Waals surface area contributed by atoms with Crippen molar-refractivity contribution in [1.29, 1.82) is 0 Å². The molecule has 0 aromatic carbocycles. The van der Waals surface area contributed by atoms with Crippen LogP contribution in [0.4, 0.5) is 5.82 Å². The van der Waals surface area contributed by atoms with Gasteiger partial charge in [0.2, 0.25) is 0 Å². The summed E-state index contributed by atoms with van der Waals surface area (Å²) in [5.41, 5.74) is 4.64. The smallest absolute Gasteiger partial charge is 0.184 e. The molecule has 0 bridgehead atoms. The minimum atomic E-state index is -0.278. The van der Waals surface area contributed by atoms with Gasteiger partial charge in [0.05, 0.1) is 11.5 Å². The quantitative estimate of drug-likeness (QED) is 0.746. The van der Waals surface area contributed by atoms with Gasteiger partial charge < -0.3 is 10.0 Å². The summed E-state index contributed by atoms with van der Waals surface area (Å²) < 4.78 is 1.88. The number of β-amino-alcohol motifs (C(OH)–C–C–N with tert-alkyl or cyclic N) is 1. The van der Waals surface area contributed by atoms with Crippen LogP contribution >= 0.6 is 0 Å². The van der Waals surface area contributed by atoms with E-state index in [1.54, 1.807) is 0 Å². The zero-order valence-electron chi connectivity index (χ0n) is 13.7. The third-order valence-corrected chi connectivity index (χ3v) is 4.50. The summed E-state index contributed by atoms with van der Waals surface area (Å²) >= 11 is 0. The number of hydrogen-bond acceptors (Lipinski definition) is 5. The predicted molar refractivity (Wildman–Crippen MR) is 90.0 cm³/mol. The Morgan fingerprint density at radius 3 is 2.70 bits per heavy atom. The zero-order valence-corrected chi connectivity index (χ0v) is 13.7. The molecule has 0 aliphatic carbocycles. The molecule has 1 aliphatic rings. The second-order valence-corrected chi connectivity index (χ2v) is 6.51. The number of aliphatic hydroxyl groups excluding tert-OH is 1. The molecule has 6 nitrogen and oxygen atoms in total. The number of hydrogen-bond donors (Lipinski definition) is 1. The highest BCUT2D eigenvalue weighted by Gasteiger charge is 2.22. The largest absolute Gasteiger partial charge is 0.391 e. The van der Waals surface area contributed by atoms with Crippen LogP contribution in [0.2, 0.25) is 0 Å². The topological polar surface area (TPSA) is 66.5 Å². The van der Waals surface area contributed by atoms with E-state index < -0.39 is 0 Å². The van der Waals surface area contributed by atoms with E-state index in [1.165, 1.54) is 0 Å². The molecule has 1 atom stereocenters. The molecule has 120 valence electrons. The van der Waals surface area contributed by atoms with Gasteiger partial charge in [-0.15, -0.1) is 5.10 Å². The molecule has 3 aromatic heterocycles. The van der Waals surface area contributed by atoms with Crippen molar-refractivity contribution in [2.24, 2.45) is 0 Å². The summed E-state index contributed by atoms with van der Waals surface area (Å²) in [5, 5.41) is 15.7. The van der Waals surface area contributed by atoms with Crippen molar-refractivity contribution in [2.75, 3.05) is 18.0 Å². The van der Waals surface area contributed by atoms with Crippen LogP contribution in [-0.2, 0) is 0 Å². The third kappa shape index (κ3) is 2.34. The summed E-state index contributed by atoms with van der Waals surface area (Å²) in [6.07, 6.45) is 1.57. The summed E-state index contributed by atoms with van der Waals surface area (Å²) in [7, 11) is 0. The van der Waals surface area contributed by atoms with Crippen molar-refractivity contribution in [3.8, 4) is 0 Å². The van der Waals surface area contributed by atoms with E-state index in [9.17, 15) is 5.11 Å². The summed E-state index contributed by atoms with van der Waals surface area (Å²) in [6.45, 7) is 7.63. The van der Waals surface area contributed by atoms with Crippen molar-refractivity contribution in [2.45, 2.75) is 39.7 Å². The molecule has 6 heteroatoms. The highest BCUT2D eigenvalue weighted by molar-refractivity contribution is 5.93. The molecule has 0 radical (unpaired) electrons. The molecule has 1 saturated heterocycles. The number of aryl methyl sites for hydroxylation is 3. The standard InChI is InChI=1S/C17H21N5O/c1-10-7-11(2)18-16-15(10)17-19-12(3)8-14(22(17)20-16)21-6-4-5-13(23)9-21/h7-8,13,23H,4-6,9H2,1-3H3. The molecule has 1 fully saturated rings. The Kier molecular flexibility index (Phi) is 3.23. The number of aliphatic hydroxyl groups is 1. The van der Waals surface area contributed by atoms with Crippen LogP contribution in [-0.4, -0.2) is 43.9 Å². The zero-order chi connectivity index (χ0) is 16.1. The average Bonchev–Trinajstić information content (AvgIpc) is 2.84. The van der Waals surface area contributed by atoms with Gasteiger partial charge in [-0.1, -0.05) is 0 Å². The minimum absolute atomic E-state index is 0.278. The maximum Gasteiger partial charge on any atom is 0.184 e. The maximum atomic E-state index is 10.0. The molecule has 1 N–H and O–H groups in total. The number of nitrogens with zero attached hydrogens (tertiary/aromatic N) is 5. The first-order valence-corrected chi connectivity index (χ1v) is 8.10. The van der Waals surface area contributed by atoms with Crippen LogP contribution in [0.15, 0.2) is 12.1 Å². The van der Waals surface area contributed by atoms with E-state index in [1.807, 2.05) is 24.4 Å². The Labute approximate surface area is 134 Å². The Morgan fingerprint density at radius 1 is 1.13 bits per heavy atom. The lowest BCUT2D eigenvalue weighted by molar-refractivity contribution is 0.153. The fourth-order valence-electron chi connectivity index (χ4n) is 3.51. The van der Waals surface area contributed by atoms with Gasteiger partial charge in [-0.25, -0.2) is 9.97 Å². The molecule has 0 spiro atoms. The molecule has 4 rings (SSSR count). The van der Waals surface area contributed by atoms with Crippen molar-refractivity contribution >= 4 is 22.5 Å². The fourth-order valence-corrected chi connectivity index (χ4v) is 3.51. The molecule has 0 saturated carbocycles. The Balaban J connectivity index is 1.99. The summed E-state index contributed by atoms with van der Waals surface area (Å²) in [6, 6.07) is 4.11. The van der Waals surface area contributed by atoms with Crippen LogP contribution in [0.25, 0.3) is 16.7 Å². The van der Waals surface area contributed by atoms with E-state index in [-0.39, 0.29) is 6.10 Å². The van der Waals surface area contributed by atoms with E-state index in [4.69, 9.17) is 10.1 Å². The molecule has 4 heterocycles. The Morgan fingerprint density at radius 2 is 1.91 bits per heavy atom. The number of pyridine rings is 1. The number of anilines is 1. The van der Waals surface area contributed by atoms with Gasteiger partial charge in [-0.2, -0.15) is 4.52 Å². The number of aromatic nitrogens is 4. The van der Waals surface area contributed by atoms with Gasteiger partial charge >= 0.3 is 0 Å². The SMILES string of the molecule is Cc1cc(C)c2c(n1)nn1c(N3CCCC(O)C3)cc(C)nc21. The van der Waals surface area contributed by atoms with Crippen molar-refractivity contribution in [3.63, 3.8) is 0 Å². The number of piperidine rings is 1. The third-order valence-electron chi connectivity index (χ3n) is 4.50. The predicted octanol–water partition coefficient (Wildman–Crippen LogP) is 2.16. The van der Waals surface area contributed by atoms with Gasteiger partial charge in [0.15, 0.2) is 11.3 Å². The Hall–Kier alpha value is -2.21. The monoisotopic (exact) mass is 311 g/mol. The summed E-state index contributed by atoms with van der Waals surface area (Å²) in [5.74, 6) is 0.987. The van der Waals surface area contributed by atoms with Gasteiger partial charge in [-0.3, -0.25) is 0 Å². The second-order valence-electron chi connectivity index (χ2n) is 6.51. The normalized spacial score (nSPS) is 19.0. The minimum Gasteiger partial charge on any atom is -0.391 e. The second kappa shape index (κ2) is 5.16. The number of rotatable bonds is 1. The molecular weight excluding hydrogens is 290 g/mol. The molecule has 3 aromatic rings. The maximum absolute atomic E-state index is 10.0. The average molecular weight is 311 g/mol. The first kappa shape index (κ1) is 14.4. The first-order chi connectivity index (χ1) is 11.0. The van der Waals surface area contributed by atoms with Crippen molar-refractivity contribution < 1.29 is 5.11 Å². The van der Waals surface area contributed by atoms with E-state index in [0.29, 0.717) is 6.54 Å². The van der Waals surface area contributed by atoms with E-state index in [0.717, 1.165) is 58.8 Å². The molecule has 0 amide bonds. The summed E-state index contributed by atoms with van der Waals surface area (Å²) in [4.78, 5) is 11.5. The van der Waals surface area contributed by atoms with Crippen LogP contribution in [0.3, 0.4) is 0 Å². The lowest BCUT2D eigenvalue weighted by Gasteiger charge is -2.31. The van der Waals surface area contributed by atoms with Crippen molar-refractivity contribution in [1.82, 2.24) is 19.6 Å². The van der Waals surface area contributed by atoms with E-state index >= 15 is 0 Å². The Bertz CT molecular complexity index is 901. The van der Waals surface area contributed by atoms with Crippen LogP contribution < -0.4 is 4.90 Å². The van der Waals surface area contributed by atoms with E-state index in [2.05, 4.69) is 22.9 Å². The molecule has 1 aliphatic heterocycles. The molecule has 1 unspecified atom stereocenters.